The number of hydrogen-bond donors (Lipinski definition) is 1. The number of carbonyl (C=O) groups is 1. The van der Waals surface area contributed by atoms with Crippen molar-refractivity contribution in [3.05, 3.63) is 89.7 Å². The van der Waals surface area contributed by atoms with Crippen LogP contribution < -0.4 is 10.1 Å². The molecule has 1 amide bonds. The van der Waals surface area contributed by atoms with Gasteiger partial charge in [-0.25, -0.2) is 9.07 Å². The van der Waals surface area contributed by atoms with Crippen molar-refractivity contribution in [3.63, 3.8) is 0 Å². The molecule has 0 atom stereocenters. The lowest BCUT2D eigenvalue weighted by Gasteiger charge is -2.10. The zero-order valence-corrected chi connectivity index (χ0v) is 17.2. The molecule has 0 unspecified atom stereocenters. The number of aromatic nitrogens is 3. The molecule has 0 aliphatic carbocycles. The third-order valence-electron chi connectivity index (χ3n) is 4.64. The van der Waals surface area contributed by atoms with Crippen molar-refractivity contribution in [2.24, 2.45) is 0 Å². The third-order valence-corrected chi connectivity index (χ3v) is 4.64. The van der Waals surface area contributed by atoms with Crippen LogP contribution in [0.1, 0.15) is 22.8 Å². The van der Waals surface area contributed by atoms with Crippen molar-refractivity contribution in [1.29, 1.82) is 0 Å². The van der Waals surface area contributed by atoms with Crippen LogP contribution >= 0.6 is 0 Å². The molecule has 1 aromatic heterocycles. The maximum atomic E-state index is 13.9. The van der Waals surface area contributed by atoms with Crippen LogP contribution in [0.2, 0.25) is 0 Å². The number of benzene rings is 3. The minimum Gasteiger partial charge on any atom is -0.463 e. The van der Waals surface area contributed by atoms with E-state index in [1.165, 1.54) is 12.1 Å². The fraction of sp³-hybridized carbons (Fsp3) is 0.125. The van der Waals surface area contributed by atoms with Crippen molar-refractivity contribution < 1.29 is 13.9 Å². The molecule has 1 heterocycles. The number of hydrogen-bond acceptors (Lipinski definition) is 4. The van der Waals surface area contributed by atoms with Gasteiger partial charge in [0, 0.05) is 11.3 Å². The van der Waals surface area contributed by atoms with Gasteiger partial charge < -0.3 is 10.1 Å². The Morgan fingerprint density at radius 2 is 1.84 bits per heavy atom. The third kappa shape index (κ3) is 4.45. The molecule has 1 N–H and O–H groups in total. The molecular weight excluding hydrogens is 395 g/mol. The number of amides is 1. The van der Waals surface area contributed by atoms with Gasteiger partial charge in [-0.1, -0.05) is 48.0 Å². The highest BCUT2D eigenvalue weighted by Gasteiger charge is 2.16. The number of aryl methyl sites for hydroxylation is 1. The Bertz CT molecular complexity index is 1220. The predicted octanol–water partition coefficient (Wildman–Crippen LogP) is 5.03. The van der Waals surface area contributed by atoms with Gasteiger partial charge in [0.15, 0.2) is 5.82 Å². The van der Waals surface area contributed by atoms with Crippen LogP contribution in [0.15, 0.2) is 72.8 Å². The molecule has 0 bridgehead atoms. The minimum atomic E-state index is -0.574. The highest BCUT2D eigenvalue weighted by atomic mass is 19.1. The molecule has 3 aromatic carbocycles. The Hall–Kier alpha value is -4.00. The van der Waals surface area contributed by atoms with Crippen LogP contribution in [-0.2, 0) is 0 Å². The summed E-state index contributed by atoms with van der Waals surface area (Å²) in [4.78, 5) is 17.0. The summed E-state index contributed by atoms with van der Waals surface area (Å²) in [6, 6.07) is 21.2. The van der Waals surface area contributed by atoms with Crippen LogP contribution in [-0.4, -0.2) is 27.3 Å². The molecule has 0 radical (unpaired) electrons. The zero-order chi connectivity index (χ0) is 21.8. The summed E-state index contributed by atoms with van der Waals surface area (Å²) in [7, 11) is 0. The van der Waals surface area contributed by atoms with Gasteiger partial charge in [0.2, 0.25) is 0 Å². The first kappa shape index (κ1) is 20.3. The SMILES string of the molecule is CCOc1nc(-c2ccc(C)cc2)n(-c2cccc(NC(=O)c3ccccc3F)c2)n1. The van der Waals surface area contributed by atoms with E-state index in [0.29, 0.717) is 23.8 Å². The van der Waals surface area contributed by atoms with E-state index >= 15 is 0 Å². The quantitative estimate of drug-likeness (QED) is 0.479. The van der Waals surface area contributed by atoms with Gasteiger partial charge >= 0.3 is 6.01 Å². The van der Waals surface area contributed by atoms with Crippen LogP contribution in [0.25, 0.3) is 17.1 Å². The Balaban J connectivity index is 1.69. The van der Waals surface area contributed by atoms with E-state index < -0.39 is 11.7 Å². The van der Waals surface area contributed by atoms with E-state index in [1.807, 2.05) is 44.2 Å². The van der Waals surface area contributed by atoms with Gasteiger partial charge in [-0.3, -0.25) is 4.79 Å². The van der Waals surface area contributed by atoms with Gasteiger partial charge in [-0.2, -0.15) is 4.98 Å². The second-order valence-electron chi connectivity index (χ2n) is 6.91. The summed E-state index contributed by atoms with van der Waals surface area (Å²) in [5.41, 5.74) is 3.18. The second kappa shape index (κ2) is 8.79. The van der Waals surface area contributed by atoms with Crippen LogP contribution in [0.5, 0.6) is 6.01 Å². The monoisotopic (exact) mass is 416 g/mol. The van der Waals surface area contributed by atoms with E-state index in [-0.39, 0.29) is 11.6 Å². The highest BCUT2D eigenvalue weighted by Crippen LogP contribution is 2.25. The molecule has 7 heteroatoms. The number of ether oxygens (including phenoxy) is 1. The Kier molecular flexibility index (Phi) is 5.75. The van der Waals surface area contributed by atoms with Crippen molar-refractivity contribution in [3.8, 4) is 23.1 Å². The second-order valence-corrected chi connectivity index (χ2v) is 6.91. The first-order chi connectivity index (χ1) is 15.0. The van der Waals surface area contributed by atoms with Crippen molar-refractivity contribution in [1.82, 2.24) is 14.8 Å². The summed E-state index contributed by atoms with van der Waals surface area (Å²) >= 11 is 0. The molecule has 0 saturated carbocycles. The minimum absolute atomic E-state index is 0.0207. The van der Waals surface area contributed by atoms with E-state index in [2.05, 4.69) is 15.4 Å². The molecule has 4 rings (SSSR count). The van der Waals surface area contributed by atoms with Gasteiger partial charge in [0.05, 0.1) is 17.9 Å². The number of nitrogens with zero attached hydrogens (tertiary/aromatic N) is 3. The molecule has 4 aromatic rings. The molecule has 31 heavy (non-hydrogen) atoms. The number of anilines is 1. The summed E-state index contributed by atoms with van der Waals surface area (Å²) in [6.07, 6.45) is 0. The first-order valence-corrected chi connectivity index (χ1v) is 9.88. The molecule has 0 saturated heterocycles. The van der Waals surface area contributed by atoms with Crippen molar-refractivity contribution in [2.45, 2.75) is 13.8 Å². The smallest absolute Gasteiger partial charge is 0.336 e. The largest absolute Gasteiger partial charge is 0.463 e. The zero-order valence-electron chi connectivity index (χ0n) is 17.2. The standard InChI is InChI=1S/C24H21FN4O2/c1-3-31-24-27-22(17-13-11-16(2)12-14-17)29(28-24)19-8-6-7-18(15-19)26-23(30)20-9-4-5-10-21(20)25/h4-15H,3H2,1-2H3,(H,26,30). The van der Waals surface area contributed by atoms with Crippen molar-refractivity contribution in [2.75, 3.05) is 11.9 Å². The average molecular weight is 416 g/mol. The van der Waals surface area contributed by atoms with Gasteiger partial charge in [0.25, 0.3) is 5.91 Å². The molecule has 0 aliphatic rings. The molecule has 6 nitrogen and oxygen atoms in total. The lowest BCUT2D eigenvalue weighted by Crippen LogP contribution is -2.14. The van der Waals surface area contributed by atoms with Crippen LogP contribution in [0.4, 0.5) is 10.1 Å². The topological polar surface area (TPSA) is 69.0 Å². The number of carbonyl (C=O) groups excluding carboxylic acids is 1. The van der Waals surface area contributed by atoms with Gasteiger partial charge in [-0.15, -0.1) is 5.10 Å². The lowest BCUT2D eigenvalue weighted by molar-refractivity contribution is 0.102. The predicted molar refractivity (Wildman–Crippen MR) is 117 cm³/mol. The Morgan fingerprint density at radius 1 is 1.06 bits per heavy atom. The van der Waals surface area contributed by atoms with Gasteiger partial charge in [-0.05, 0) is 44.2 Å². The Morgan fingerprint density at radius 3 is 2.58 bits per heavy atom. The number of rotatable bonds is 6. The maximum Gasteiger partial charge on any atom is 0.336 e. The normalized spacial score (nSPS) is 10.7. The number of nitrogens with one attached hydrogen (secondary N) is 1. The first-order valence-electron chi connectivity index (χ1n) is 9.88. The highest BCUT2D eigenvalue weighted by molar-refractivity contribution is 6.04. The molecular formula is C24H21FN4O2. The van der Waals surface area contributed by atoms with Crippen molar-refractivity contribution >= 4 is 11.6 Å². The summed E-state index contributed by atoms with van der Waals surface area (Å²) in [6.45, 7) is 4.32. The molecule has 156 valence electrons. The summed E-state index contributed by atoms with van der Waals surface area (Å²) in [5, 5.41) is 7.21. The maximum absolute atomic E-state index is 13.9. The fourth-order valence-electron chi connectivity index (χ4n) is 3.11. The van der Waals surface area contributed by atoms with E-state index in [4.69, 9.17) is 4.74 Å². The number of halogens is 1. The van der Waals surface area contributed by atoms with Crippen LogP contribution in [0.3, 0.4) is 0 Å². The average Bonchev–Trinajstić information content (AvgIpc) is 3.19. The van der Waals surface area contributed by atoms with E-state index in [0.717, 1.165) is 11.1 Å². The fourth-order valence-corrected chi connectivity index (χ4v) is 3.11. The van der Waals surface area contributed by atoms with E-state index in [1.54, 1.807) is 35.0 Å². The Labute approximate surface area is 179 Å². The molecule has 0 spiro atoms. The molecule has 0 aliphatic heterocycles. The summed E-state index contributed by atoms with van der Waals surface area (Å²) in [5.74, 6) is -0.487. The van der Waals surface area contributed by atoms with Gasteiger partial charge in [0.1, 0.15) is 5.82 Å². The lowest BCUT2D eigenvalue weighted by atomic mass is 10.1. The van der Waals surface area contributed by atoms with Crippen LogP contribution in [0, 0.1) is 12.7 Å². The molecule has 0 fully saturated rings. The van der Waals surface area contributed by atoms with E-state index in [9.17, 15) is 9.18 Å². The summed E-state index contributed by atoms with van der Waals surface area (Å²) < 4.78 is 21.1.